The van der Waals surface area contributed by atoms with Gasteiger partial charge in [0.1, 0.15) is 0 Å². The first kappa shape index (κ1) is 14.1. The highest BCUT2D eigenvalue weighted by molar-refractivity contribution is 5.82. The Balaban J connectivity index is 2.07. The molecule has 1 aliphatic heterocycles. The number of alkyl halides is 3. The molecule has 0 atom stereocenters. The van der Waals surface area contributed by atoms with Crippen LogP contribution in [0.15, 0.2) is 18.2 Å². The van der Waals surface area contributed by atoms with E-state index in [0.29, 0.717) is 22.5 Å². The maximum Gasteiger partial charge on any atom is 0.416 e. The fourth-order valence-electron chi connectivity index (χ4n) is 2.46. The van der Waals surface area contributed by atoms with E-state index in [1.807, 2.05) is 4.90 Å². The summed E-state index contributed by atoms with van der Waals surface area (Å²) >= 11 is 0. The summed E-state index contributed by atoms with van der Waals surface area (Å²) in [6, 6.07) is 3.61. The molecule has 0 aliphatic carbocycles. The number of aromatic nitrogens is 2. The van der Waals surface area contributed by atoms with E-state index in [4.69, 9.17) is 0 Å². The van der Waals surface area contributed by atoms with Crippen LogP contribution in [0, 0.1) is 6.92 Å². The number of fused-ring (bicyclic) bond motifs is 1. The summed E-state index contributed by atoms with van der Waals surface area (Å²) in [6.07, 6.45) is -4.36. The van der Waals surface area contributed by atoms with Gasteiger partial charge in [-0.2, -0.15) is 13.2 Å². The molecule has 1 N–H and O–H groups in total. The summed E-state index contributed by atoms with van der Waals surface area (Å²) in [6.45, 7) is 4.95. The van der Waals surface area contributed by atoms with Crippen LogP contribution < -0.4 is 10.2 Å². The standard InChI is InChI=1S/C14H15F3N4/c1-9-11-3-2-10(14(15,16)17)8-12(11)20-13(19-9)21-6-4-18-5-7-21/h2-3,8,18H,4-7H2,1H3. The minimum absolute atomic E-state index is 0.339. The summed E-state index contributed by atoms with van der Waals surface area (Å²) in [4.78, 5) is 10.7. The number of hydrogen-bond donors (Lipinski definition) is 1. The zero-order valence-corrected chi connectivity index (χ0v) is 11.5. The number of benzene rings is 1. The molecule has 0 saturated carbocycles. The Kier molecular flexibility index (Phi) is 3.44. The molecule has 1 fully saturated rings. The number of piperazine rings is 1. The van der Waals surface area contributed by atoms with Gasteiger partial charge in [0.15, 0.2) is 0 Å². The van der Waals surface area contributed by atoms with Crippen LogP contribution in [0.3, 0.4) is 0 Å². The Morgan fingerprint density at radius 1 is 1.14 bits per heavy atom. The van der Waals surface area contributed by atoms with Crippen molar-refractivity contribution in [3.05, 3.63) is 29.5 Å². The lowest BCUT2D eigenvalue weighted by atomic mass is 10.1. The summed E-state index contributed by atoms with van der Waals surface area (Å²) in [7, 11) is 0. The second kappa shape index (κ2) is 5.14. The molecule has 0 unspecified atom stereocenters. The molecule has 7 heteroatoms. The van der Waals surface area contributed by atoms with Crippen LogP contribution in [0.4, 0.5) is 19.1 Å². The average Bonchev–Trinajstić information content (AvgIpc) is 2.46. The molecule has 21 heavy (non-hydrogen) atoms. The normalized spacial score (nSPS) is 16.5. The first-order valence-corrected chi connectivity index (χ1v) is 6.76. The molecule has 1 aliphatic rings. The Morgan fingerprint density at radius 2 is 1.86 bits per heavy atom. The van der Waals surface area contributed by atoms with E-state index in [9.17, 15) is 13.2 Å². The summed E-state index contributed by atoms with van der Waals surface area (Å²) < 4.78 is 38.4. The molecule has 1 aromatic carbocycles. The molecular weight excluding hydrogens is 281 g/mol. The van der Waals surface area contributed by atoms with Gasteiger partial charge in [-0.25, -0.2) is 9.97 Å². The van der Waals surface area contributed by atoms with Gasteiger partial charge < -0.3 is 10.2 Å². The lowest BCUT2D eigenvalue weighted by molar-refractivity contribution is -0.137. The Labute approximate surface area is 120 Å². The minimum Gasteiger partial charge on any atom is -0.338 e. The van der Waals surface area contributed by atoms with Gasteiger partial charge in [-0.15, -0.1) is 0 Å². The van der Waals surface area contributed by atoms with Crippen LogP contribution >= 0.6 is 0 Å². The smallest absolute Gasteiger partial charge is 0.338 e. The van der Waals surface area contributed by atoms with Gasteiger partial charge >= 0.3 is 6.18 Å². The quantitative estimate of drug-likeness (QED) is 0.877. The number of nitrogens with zero attached hydrogens (tertiary/aromatic N) is 3. The van der Waals surface area contributed by atoms with Crippen molar-refractivity contribution in [3.63, 3.8) is 0 Å². The molecule has 0 radical (unpaired) electrons. The molecule has 0 spiro atoms. The number of anilines is 1. The van der Waals surface area contributed by atoms with Crippen molar-refractivity contribution < 1.29 is 13.2 Å². The summed E-state index contributed by atoms with van der Waals surface area (Å²) in [5.41, 5.74) is 0.354. The van der Waals surface area contributed by atoms with Crippen LogP contribution in [-0.4, -0.2) is 36.1 Å². The topological polar surface area (TPSA) is 41.1 Å². The van der Waals surface area contributed by atoms with Crippen LogP contribution in [0.2, 0.25) is 0 Å². The van der Waals surface area contributed by atoms with Crippen LogP contribution in [0.5, 0.6) is 0 Å². The van der Waals surface area contributed by atoms with Gasteiger partial charge in [0.05, 0.1) is 16.8 Å². The van der Waals surface area contributed by atoms with Crippen LogP contribution in [0.25, 0.3) is 10.9 Å². The molecule has 2 aromatic rings. The largest absolute Gasteiger partial charge is 0.416 e. The van der Waals surface area contributed by atoms with Gasteiger partial charge in [0.2, 0.25) is 5.95 Å². The zero-order chi connectivity index (χ0) is 15.0. The van der Waals surface area contributed by atoms with E-state index in [1.54, 1.807) is 6.92 Å². The van der Waals surface area contributed by atoms with Crippen molar-refractivity contribution in [2.75, 3.05) is 31.1 Å². The highest BCUT2D eigenvalue weighted by atomic mass is 19.4. The van der Waals surface area contributed by atoms with Gasteiger partial charge in [0, 0.05) is 31.6 Å². The predicted molar refractivity (Wildman–Crippen MR) is 74.4 cm³/mol. The number of halogens is 3. The van der Waals surface area contributed by atoms with E-state index in [2.05, 4.69) is 15.3 Å². The molecular formula is C14H15F3N4. The maximum atomic E-state index is 12.8. The third kappa shape index (κ3) is 2.78. The second-order valence-electron chi connectivity index (χ2n) is 5.08. The Hall–Kier alpha value is -1.89. The van der Waals surface area contributed by atoms with E-state index in [0.717, 1.165) is 38.3 Å². The van der Waals surface area contributed by atoms with Crippen molar-refractivity contribution in [1.29, 1.82) is 0 Å². The fraction of sp³-hybridized carbons (Fsp3) is 0.429. The van der Waals surface area contributed by atoms with E-state index in [-0.39, 0.29) is 0 Å². The number of nitrogens with one attached hydrogen (secondary N) is 1. The van der Waals surface area contributed by atoms with Crippen LogP contribution in [-0.2, 0) is 6.18 Å². The SMILES string of the molecule is Cc1nc(N2CCNCC2)nc2cc(C(F)(F)F)ccc12. The lowest BCUT2D eigenvalue weighted by Crippen LogP contribution is -2.44. The highest BCUT2D eigenvalue weighted by Crippen LogP contribution is 2.31. The third-order valence-corrected chi connectivity index (χ3v) is 3.60. The maximum absolute atomic E-state index is 12.8. The monoisotopic (exact) mass is 296 g/mol. The van der Waals surface area contributed by atoms with Crippen molar-refractivity contribution in [2.24, 2.45) is 0 Å². The number of aryl methyl sites for hydroxylation is 1. The molecule has 1 saturated heterocycles. The van der Waals surface area contributed by atoms with Crippen molar-refractivity contribution >= 4 is 16.9 Å². The van der Waals surface area contributed by atoms with Gasteiger partial charge in [0.25, 0.3) is 0 Å². The molecule has 2 heterocycles. The van der Waals surface area contributed by atoms with E-state index >= 15 is 0 Å². The molecule has 4 nitrogen and oxygen atoms in total. The van der Waals surface area contributed by atoms with Gasteiger partial charge in [-0.3, -0.25) is 0 Å². The van der Waals surface area contributed by atoms with Crippen LogP contribution in [0.1, 0.15) is 11.3 Å². The molecule has 1 aromatic heterocycles. The molecule has 0 amide bonds. The summed E-state index contributed by atoms with van der Waals surface area (Å²) in [5, 5.41) is 3.87. The first-order valence-electron chi connectivity index (χ1n) is 6.76. The van der Waals surface area contributed by atoms with Crippen molar-refractivity contribution in [1.82, 2.24) is 15.3 Å². The summed E-state index contributed by atoms with van der Waals surface area (Å²) in [5.74, 6) is 0.501. The predicted octanol–water partition coefficient (Wildman–Crippen LogP) is 2.37. The number of rotatable bonds is 1. The molecule has 112 valence electrons. The van der Waals surface area contributed by atoms with Gasteiger partial charge in [-0.05, 0) is 19.1 Å². The fourth-order valence-corrected chi connectivity index (χ4v) is 2.46. The first-order chi connectivity index (χ1) is 9.95. The highest BCUT2D eigenvalue weighted by Gasteiger charge is 2.30. The minimum atomic E-state index is -4.36. The zero-order valence-electron chi connectivity index (χ0n) is 11.5. The lowest BCUT2D eigenvalue weighted by Gasteiger charge is -2.27. The Bertz CT molecular complexity index is 663. The Morgan fingerprint density at radius 3 is 2.52 bits per heavy atom. The van der Waals surface area contributed by atoms with Crippen molar-refractivity contribution in [3.8, 4) is 0 Å². The average molecular weight is 296 g/mol. The third-order valence-electron chi connectivity index (χ3n) is 3.60. The number of hydrogen-bond acceptors (Lipinski definition) is 4. The molecule has 0 bridgehead atoms. The van der Waals surface area contributed by atoms with Crippen molar-refractivity contribution in [2.45, 2.75) is 13.1 Å². The van der Waals surface area contributed by atoms with E-state index < -0.39 is 11.7 Å². The second-order valence-corrected chi connectivity index (χ2v) is 5.08. The van der Waals surface area contributed by atoms with E-state index in [1.165, 1.54) is 6.07 Å². The van der Waals surface area contributed by atoms with Gasteiger partial charge in [-0.1, -0.05) is 6.07 Å². The molecule has 3 rings (SSSR count).